The fraction of sp³-hybridized carbons (Fsp3) is 0.632. The van der Waals surface area contributed by atoms with Crippen LogP contribution >= 0.6 is 22.9 Å². The summed E-state index contributed by atoms with van der Waals surface area (Å²) in [7, 11) is 3.61. The number of thiophene rings is 1. The molecule has 0 aliphatic carbocycles. The van der Waals surface area contributed by atoms with Gasteiger partial charge in [-0.1, -0.05) is 11.6 Å². The average molecular weight is 439 g/mol. The Morgan fingerprint density at radius 2 is 2.10 bits per heavy atom. The van der Waals surface area contributed by atoms with E-state index in [-0.39, 0.29) is 17.6 Å². The van der Waals surface area contributed by atoms with Crippen molar-refractivity contribution in [3.05, 3.63) is 23.5 Å². The SMILES string of the molecule is CN(C)C(=O)CN1CCN(C(c2cc3ncncc3s2)N2CCOC(Cl)C2)CC1. The zero-order valence-corrected chi connectivity index (χ0v) is 18.4. The van der Waals surface area contributed by atoms with Gasteiger partial charge < -0.3 is 9.64 Å². The second-order valence-electron chi connectivity index (χ2n) is 7.67. The number of carbonyl (C=O) groups excluding carboxylic acids is 1. The molecule has 2 saturated heterocycles. The molecular formula is C19H27ClN6O2S. The highest BCUT2D eigenvalue weighted by Gasteiger charge is 2.34. The Morgan fingerprint density at radius 3 is 2.79 bits per heavy atom. The molecule has 0 spiro atoms. The minimum atomic E-state index is -0.292. The van der Waals surface area contributed by atoms with Gasteiger partial charge in [-0.2, -0.15) is 0 Å². The Hall–Kier alpha value is -1.36. The molecule has 2 aliphatic heterocycles. The highest BCUT2D eigenvalue weighted by Crippen LogP contribution is 2.35. The van der Waals surface area contributed by atoms with Gasteiger partial charge in [-0.15, -0.1) is 11.3 Å². The molecule has 2 aromatic rings. The van der Waals surface area contributed by atoms with Crippen molar-refractivity contribution < 1.29 is 9.53 Å². The van der Waals surface area contributed by atoms with E-state index in [1.807, 2.05) is 6.20 Å². The van der Waals surface area contributed by atoms with Crippen LogP contribution in [0.2, 0.25) is 0 Å². The van der Waals surface area contributed by atoms with E-state index in [0.717, 1.165) is 42.9 Å². The summed E-state index contributed by atoms with van der Waals surface area (Å²) in [6.07, 6.45) is 3.60. The van der Waals surface area contributed by atoms with Gasteiger partial charge in [0.2, 0.25) is 5.91 Å². The summed E-state index contributed by atoms with van der Waals surface area (Å²) in [6.45, 7) is 6.17. The van der Waals surface area contributed by atoms with Gasteiger partial charge in [0.05, 0.1) is 29.5 Å². The van der Waals surface area contributed by atoms with E-state index < -0.39 is 0 Å². The Balaban J connectivity index is 1.52. The molecule has 2 aliphatic rings. The average Bonchev–Trinajstić information content (AvgIpc) is 3.13. The molecule has 8 nitrogen and oxygen atoms in total. The van der Waals surface area contributed by atoms with Crippen LogP contribution in [0.25, 0.3) is 10.2 Å². The number of hydrogen-bond acceptors (Lipinski definition) is 8. The number of piperazine rings is 1. The fourth-order valence-electron chi connectivity index (χ4n) is 3.87. The second-order valence-corrected chi connectivity index (χ2v) is 9.27. The van der Waals surface area contributed by atoms with Crippen LogP contribution in [0, 0.1) is 0 Å². The van der Waals surface area contributed by atoms with Gasteiger partial charge >= 0.3 is 0 Å². The van der Waals surface area contributed by atoms with Crippen LogP contribution in [0.15, 0.2) is 18.6 Å². The topological polar surface area (TPSA) is 65.0 Å². The zero-order chi connectivity index (χ0) is 20.4. The molecule has 0 radical (unpaired) electrons. The van der Waals surface area contributed by atoms with Crippen molar-refractivity contribution in [2.45, 2.75) is 11.7 Å². The summed E-state index contributed by atoms with van der Waals surface area (Å²) in [5.41, 5.74) is 0.690. The van der Waals surface area contributed by atoms with Crippen LogP contribution in [0.1, 0.15) is 11.0 Å². The van der Waals surface area contributed by atoms with E-state index in [0.29, 0.717) is 19.7 Å². The van der Waals surface area contributed by atoms with Crippen LogP contribution in [-0.2, 0) is 9.53 Å². The van der Waals surface area contributed by atoms with Gasteiger partial charge in [-0.05, 0) is 6.07 Å². The largest absolute Gasteiger partial charge is 0.360 e. The number of hydrogen-bond donors (Lipinski definition) is 0. The van der Waals surface area contributed by atoms with Crippen molar-refractivity contribution in [2.24, 2.45) is 0 Å². The van der Waals surface area contributed by atoms with E-state index in [1.165, 1.54) is 4.88 Å². The first-order valence-electron chi connectivity index (χ1n) is 9.87. The molecule has 158 valence electrons. The molecule has 0 N–H and O–H groups in total. The maximum atomic E-state index is 12.1. The van der Waals surface area contributed by atoms with Gasteiger partial charge in [-0.25, -0.2) is 9.97 Å². The maximum absolute atomic E-state index is 12.1. The summed E-state index contributed by atoms with van der Waals surface area (Å²) < 4.78 is 6.66. The molecule has 0 bridgehead atoms. The lowest BCUT2D eigenvalue weighted by atomic mass is 10.2. The summed E-state index contributed by atoms with van der Waals surface area (Å²) in [6, 6.07) is 2.17. The van der Waals surface area contributed by atoms with Crippen molar-refractivity contribution in [2.75, 3.05) is 66.5 Å². The van der Waals surface area contributed by atoms with Crippen molar-refractivity contribution in [3.63, 3.8) is 0 Å². The fourth-order valence-corrected chi connectivity index (χ4v) is 5.29. The van der Waals surface area contributed by atoms with E-state index >= 15 is 0 Å². The number of amides is 1. The molecule has 2 atom stereocenters. The monoisotopic (exact) mass is 438 g/mol. The summed E-state index contributed by atoms with van der Waals surface area (Å²) in [5, 5.41) is 0. The zero-order valence-electron chi connectivity index (χ0n) is 16.8. The molecule has 2 aromatic heterocycles. The van der Waals surface area contributed by atoms with Gasteiger partial charge in [0.1, 0.15) is 11.9 Å². The number of carbonyl (C=O) groups is 1. The van der Waals surface area contributed by atoms with Gasteiger partial charge in [0.25, 0.3) is 0 Å². The summed E-state index contributed by atoms with van der Waals surface area (Å²) in [4.78, 5) is 30.7. The molecule has 2 fully saturated rings. The van der Waals surface area contributed by atoms with E-state index in [1.54, 1.807) is 36.7 Å². The standard InChI is InChI=1S/C19H27ClN6O2S/c1-23(2)18(27)12-24-3-5-25(6-4-24)19(26-7-8-28-17(20)11-26)15-9-14-16(29-15)10-21-13-22-14/h9-10,13,17,19H,3-8,11-12H2,1-2H3. The number of aromatic nitrogens is 2. The number of alkyl halides is 1. The van der Waals surface area contributed by atoms with Crippen LogP contribution in [0.3, 0.4) is 0 Å². The van der Waals surface area contributed by atoms with E-state index in [9.17, 15) is 4.79 Å². The Kier molecular flexibility index (Phi) is 6.63. The number of halogens is 1. The van der Waals surface area contributed by atoms with Crippen molar-refractivity contribution in [1.82, 2.24) is 29.6 Å². The van der Waals surface area contributed by atoms with Gasteiger partial charge in [0, 0.05) is 64.4 Å². The molecular weight excluding hydrogens is 412 g/mol. The predicted molar refractivity (Wildman–Crippen MR) is 114 cm³/mol. The molecule has 4 rings (SSSR count). The quantitative estimate of drug-likeness (QED) is 0.652. The smallest absolute Gasteiger partial charge is 0.236 e. The predicted octanol–water partition coefficient (Wildman–Crippen LogP) is 1.29. The van der Waals surface area contributed by atoms with Gasteiger partial charge in [0.15, 0.2) is 0 Å². The van der Waals surface area contributed by atoms with Crippen molar-refractivity contribution in [3.8, 4) is 0 Å². The molecule has 29 heavy (non-hydrogen) atoms. The first kappa shape index (κ1) is 20.9. The van der Waals surface area contributed by atoms with E-state index in [4.69, 9.17) is 16.3 Å². The number of nitrogens with zero attached hydrogens (tertiary/aromatic N) is 6. The summed E-state index contributed by atoms with van der Waals surface area (Å²) in [5.74, 6) is 0.149. The molecule has 0 aromatic carbocycles. The molecule has 1 amide bonds. The third kappa shape index (κ3) is 4.87. The number of morpholine rings is 1. The first-order chi connectivity index (χ1) is 14.0. The van der Waals surface area contributed by atoms with Crippen LogP contribution < -0.4 is 0 Å². The second kappa shape index (κ2) is 9.20. The number of likely N-dealkylation sites (N-methyl/N-ethyl adjacent to an activating group) is 1. The number of rotatable bonds is 5. The Morgan fingerprint density at radius 1 is 1.31 bits per heavy atom. The summed E-state index contributed by atoms with van der Waals surface area (Å²) >= 11 is 8.06. The first-order valence-corrected chi connectivity index (χ1v) is 11.1. The minimum Gasteiger partial charge on any atom is -0.360 e. The molecule has 0 saturated carbocycles. The van der Waals surface area contributed by atoms with Crippen molar-refractivity contribution in [1.29, 1.82) is 0 Å². The third-order valence-corrected chi connectivity index (χ3v) is 6.84. The van der Waals surface area contributed by atoms with Crippen LogP contribution in [0.4, 0.5) is 0 Å². The lowest BCUT2D eigenvalue weighted by molar-refractivity contribution is -0.130. The lowest BCUT2D eigenvalue weighted by Crippen LogP contribution is -2.55. The highest BCUT2D eigenvalue weighted by molar-refractivity contribution is 7.19. The normalized spacial score (nSPS) is 23.3. The number of ether oxygens (including phenoxy) is 1. The van der Waals surface area contributed by atoms with Crippen molar-refractivity contribution >= 4 is 39.1 Å². The van der Waals surface area contributed by atoms with E-state index in [2.05, 4.69) is 30.7 Å². The highest BCUT2D eigenvalue weighted by atomic mass is 35.5. The Bertz CT molecular complexity index is 808. The molecule has 4 heterocycles. The maximum Gasteiger partial charge on any atom is 0.236 e. The number of fused-ring (bicyclic) bond motifs is 1. The molecule has 10 heteroatoms. The minimum absolute atomic E-state index is 0.131. The lowest BCUT2D eigenvalue weighted by Gasteiger charge is -2.45. The van der Waals surface area contributed by atoms with Crippen LogP contribution in [0.5, 0.6) is 0 Å². The van der Waals surface area contributed by atoms with Gasteiger partial charge in [-0.3, -0.25) is 19.5 Å². The third-order valence-electron chi connectivity index (χ3n) is 5.48. The Labute approximate surface area is 180 Å². The molecule has 2 unspecified atom stereocenters. The van der Waals surface area contributed by atoms with Crippen LogP contribution in [-0.4, -0.2) is 108 Å².